The molecule has 2 aromatic carbocycles. The number of aromatic nitrogens is 2. The molecule has 0 aliphatic carbocycles. The van der Waals surface area contributed by atoms with Crippen molar-refractivity contribution in [3.05, 3.63) is 107 Å². The first-order valence-electron chi connectivity index (χ1n) is 11.1. The van der Waals surface area contributed by atoms with Gasteiger partial charge in [0.15, 0.2) is 0 Å². The summed E-state index contributed by atoms with van der Waals surface area (Å²) in [5, 5.41) is 11.3. The fourth-order valence-electron chi connectivity index (χ4n) is 4.81. The van der Waals surface area contributed by atoms with Crippen LogP contribution in [0.25, 0.3) is 0 Å². The third-order valence-electron chi connectivity index (χ3n) is 6.40. The quantitative estimate of drug-likeness (QED) is 0.419. The Bertz CT molecular complexity index is 1390. The molecule has 1 aliphatic heterocycles. The molecule has 3 heterocycles. The molecule has 0 amide bonds. The molecule has 0 fully saturated rings. The summed E-state index contributed by atoms with van der Waals surface area (Å²) in [5.41, 5.74) is 4.62. The van der Waals surface area contributed by atoms with Gasteiger partial charge in [0.25, 0.3) is 10.0 Å². The van der Waals surface area contributed by atoms with Crippen LogP contribution in [-0.4, -0.2) is 28.7 Å². The minimum Gasteiger partial charge on any atom is -0.348 e. The van der Waals surface area contributed by atoms with Crippen LogP contribution in [0.5, 0.6) is 0 Å². The average Bonchev–Trinajstić information content (AvgIpc) is 3.55. The standard InChI is InChI=1S/C26H24N4O2S2/c27-15-20-8-9-25-21(13-23-16-28-18-29-23)14-24(12-19-5-2-1-3-6-19)30(17-22(25)11-20)34(31,32)26-7-4-10-33-26/h1-11,16,18,21,24H,12-14,17H2,(H,28,29)/t21?,24-/m1/s1. The van der Waals surface area contributed by atoms with E-state index in [0.29, 0.717) is 22.6 Å². The molecule has 0 radical (unpaired) electrons. The molecule has 34 heavy (non-hydrogen) atoms. The number of benzene rings is 2. The van der Waals surface area contributed by atoms with E-state index in [9.17, 15) is 13.7 Å². The van der Waals surface area contributed by atoms with Crippen molar-refractivity contribution in [3.8, 4) is 6.07 Å². The number of aromatic amines is 1. The van der Waals surface area contributed by atoms with Crippen molar-refractivity contribution in [2.24, 2.45) is 0 Å². The number of nitrogens with zero attached hydrogens (tertiary/aromatic N) is 3. The van der Waals surface area contributed by atoms with E-state index >= 15 is 0 Å². The maximum atomic E-state index is 13.8. The van der Waals surface area contributed by atoms with E-state index in [1.807, 2.05) is 54.7 Å². The lowest BCUT2D eigenvalue weighted by Gasteiger charge is -2.30. The zero-order valence-electron chi connectivity index (χ0n) is 18.5. The summed E-state index contributed by atoms with van der Waals surface area (Å²) >= 11 is 1.24. The second-order valence-electron chi connectivity index (χ2n) is 8.56. The number of rotatable bonds is 6. The normalized spacial score (nSPS) is 18.7. The summed E-state index contributed by atoms with van der Waals surface area (Å²) in [7, 11) is -3.71. The predicted molar refractivity (Wildman–Crippen MR) is 132 cm³/mol. The SMILES string of the molecule is N#Cc1ccc2c(c1)CN(S(=O)(=O)c1cccs1)[C@H](Cc1ccccc1)CC2Cc1cnc[nH]1. The average molecular weight is 489 g/mol. The van der Waals surface area contributed by atoms with Gasteiger partial charge in [0.2, 0.25) is 0 Å². The second-order valence-corrected chi connectivity index (χ2v) is 11.6. The monoisotopic (exact) mass is 488 g/mol. The number of hydrogen-bond acceptors (Lipinski definition) is 5. The lowest BCUT2D eigenvalue weighted by atomic mass is 9.85. The number of nitriles is 1. The number of sulfonamides is 1. The second kappa shape index (κ2) is 9.55. The maximum absolute atomic E-state index is 13.8. The van der Waals surface area contributed by atoms with Crippen molar-refractivity contribution in [3.63, 3.8) is 0 Å². The first-order chi connectivity index (χ1) is 16.5. The van der Waals surface area contributed by atoms with Gasteiger partial charge in [-0.1, -0.05) is 42.5 Å². The predicted octanol–water partition coefficient (Wildman–Crippen LogP) is 4.88. The summed E-state index contributed by atoms with van der Waals surface area (Å²) in [6.07, 6.45) is 5.49. The van der Waals surface area contributed by atoms with Gasteiger partial charge in [-0.2, -0.15) is 9.57 Å². The Morgan fingerprint density at radius 3 is 2.68 bits per heavy atom. The van der Waals surface area contributed by atoms with Crippen LogP contribution in [0.3, 0.4) is 0 Å². The fraction of sp³-hybridized carbons (Fsp3) is 0.231. The van der Waals surface area contributed by atoms with Gasteiger partial charge in [-0.25, -0.2) is 13.4 Å². The lowest BCUT2D eigenvalue weighted by molar-refractivity contribution is 0.293. The van der Waals surface area contributed by atoms with Gasteiger partial charge in [0, 0.05) is 24.5 Å². The van der Waals surface area contributed by atoms with Crippen molar-refractivity contribution in [1.82, 2.24) is 14.3 Å². The van der Waals surface area contributed by atoms with E-state index in [1.165, 1.54) is 11.3 Å². The van der Waals surface area contributed by atoms with E-state index < -0.39 is 10.0 Å². The van der Waals surface area contributed by atoms with Crippen LogP contribution in [0.1, 0.15) is 40.3 Å². The number of nitrogens with one attached hydrogen (secondary N) is 1. The molecule has 2 atom stereocenters. The Labute approximate surface area is 203 Å². The molecule has 6 nitrogen and oxygen atoms in total. The molecule has 172 valence electrons. The minimum absolute atomic E-state index is 0.0837. The Kier molecular flexibility index (Phi) is 6.33. The zero-order chi connectivity index (χ0) is 23.5. The third-order valence-corrected chi connectivity index (χ3v) is 9.67. The van der Waals surface area contributed by atoms with Crippen LogP contribution in [0.2, 0.25) is 0 Å². The number of imidazole rings is 1. The van der Waals surface area contributed by atoms with Crippen LogP contribution < -0.4 is 0 Å². The van der Waals surface area contributed by atoms with E-state index in [-0.39, 0.29) is 18.5 Å². The van der Waals surface area contributed by atoms with Crippen LogP contribution in [0.15, 0.2) is 82.8 Å². The van der Waals surface area contributed by atoms with E-state index in [1.54, 1.807) is 28.1 Å². The molecule has 0 saturated carbocycles. The van der Waals surface area contributed by atoms with Crippen molar-refractivity contribution < 1.29 is 8.42 Å². The van der Waals surface area contributed by atoms with Crippen LogP contribution in [-0.2, 0) is 29.4 Å². The smallest absolute Gasteiger partial charge is 0.253 e. The summed E-state index contributed by atoms with van der Waals surface area (Å²) in [6, 6.07) is 21.1. The number of thiophene rings is 1. The molecule has 8 heteroatoms. The summed E-state index contributed by atoms with van der Waals surface area (Å²) in [4.78, 5) is 7.36. The van der Waals surface area contributed by atoms with E-state index in [2.05, 4.69) is 16.0 Å². The van der Waals surface area contributed by atoms with Crippen molar-refractivity contribution in [1.29, 1.82) is 5.26 Å². The minimum atomic E-state index is -3.71. The molecule has 0 spiro atoms. The first kappa shape index (κ1) is 22.5. The van der Waals surface area contributed by atoms with Crippen molar-refractivity contribution in [2.45, 2.75) is 42.0 Å². The highest BCUT2D eigenvalue weighted by Gasteiger charge is 2.38. The fourth-order valence-corrected chi connectivity index (χ4v) is 7.55. The molecule has 4 aromatic rings. The molecule has 0 bridgehead atoms. The van der Waals surface area contributed by atoms with Crippen molar-refractivity contribution >= 4 is 21.4 Å². The van der Waals surface area contributed by atoms with Gasteiger partial charge in [-0.3, -0.25) is 0 Å². The van der Waals surface area contributed by atoms with Crippen LogP contribution in [0, 0.1) is 11.3 Å². The Morgan fingerprint density at radius 2 is 1.97 bits per heavy atom. The van der Waals surface area contributed by atoms with Crippen LogP contribution in [0.4, 0.5) is 0 Å². The lowest BCUT2D eigenvalue weighted by Crippen LogP contribution is -2.40. The topological polar surface area (TPSA) is 89.8 Å². The summed E-state index contributed by atoms with van der Waals surface area (Å²) in [5.74, 6) is 0.0837. The first-order valence-corrected chi connectivity index (χ1v) is 13.5. The van der Waals surface area contributed by atoms with Crippen molar-refractivity contribution in [2.75, 3.05) is 0 Å². The molecule has 0 saturated heterocycles. The highest BCUT2D eigenvalue weighted by atomic mass is 32.2. The number of H-pyrrole nitrogens is 1. The van der Waals surface area contributed by atoms with Gasteiger partial charge in [-0.15, -0.1) is 11.3 Å². The maximum Gasteiger partial charge on any atom is 0.253 e. The van der Waals surface area contributed by atoms with Gasteiger partial charge in [0.05, 0.1) is 18.0 Å². The molecule has 2 aromatic heterocycles. The Balaban J connectivity index is 1.62. The van der Waals surface area contributed by atoms with Crippen LogP contribution >= 0.6 is 11.3 Å². The molecular weight excluding hydrogens is 464 g/mol. The van der Waals surface area contributed by atoms with Gasteiger partial charge < -0.3 is 4.98 Å². The summed E-state index contributed by atoms with van der Waals surface area (Å²) in [6.45, 7) is 0.238. The third kappa shape index (κ3) is 4.55. The molecule has 1 N–H and O–H groups in total. The number of hydrogen-bond donors (Lipinski definition) is 1. The largest absolute Gasteiger partial charge is 0.348 e. The Hall–Kier alpha value is -3.25. The molecule has 1 aliphatic rings. The van der Waals surface area contributed by atoms with E-state index in [0.717, 1.165) is 28.8 Å². The van der Waals surface area contributed by atoms with E-state index in [4.69, 9.17) is 0 Å². The highest BCUT2D eigenvalue weighted by Crippen LogP contribution is 2.38. The molecular formula is C26H24N4O2S2. The molecule has 5 rings (SSSR count). The summed E-state index contributed by atoms with van der Waals surface area (Å²) < 4.78 is 29.7. The number of fused-ring (bicyclic) bond motifs is 1. The zero-order valence-corrected chi connectivity index (χ0v) is 20.1. The van der Waals surface area contributed by atoms with Gasteiger partial charge >= 0.3 is 0 Å². The molecule has 1 unspecified atom stereocenters. The van der Waals surface area contributed by atoms with Gasteiger partial charge in [-0.05, 0) is 65.4 Å². The highest BCUT2D eigenvalue weighted by molar-refractivity contribution is 7.91. The Morgan fingerprint density at radius 1 is 1.12 bits per heavy atom. The van der Waals surface area contributed by atoms with Gasteiger partial charge in [0.1, 0.15) is 4.21 Å².